The van der Waals surface area contributed by atoms with Crippen molar-refractivity contribution in [3.63, 3.8) is 0 Å². The molecule has 2 aliphatic rings. The van der Waals surface area contributed by atoms with Gasteiger partial charge in [0.1, 0.15) is 5.75 Å². The summed E-state index contributed by atoms with van der Waals surface area (Å²) in [6, 6.07) is 16.6. The van der Waals surface area contributed by atoms with E-state index >= 15 is 0 Å². The molecule has 2 atom stereocenters. The van der Waals surface area contributed by atoms with Crippen LogP contribution in [0.25, 0.3) is 0 Å². The maximum atomic E-state index is 10.8. The van der Waals surface area contributed by atoms with Crippen LogP contribution in [0.5, 0.6) is 5.75 Å². The quantitative estimate of drug-likeness (QED) is 0.917. The van der Waals surface area contributed by atoms with Gasteiger partial charge in [-0.2, -0.15) is 0 Å². The van der Waals surface area contributed by atoms with Crippen LogP contribution in [0.1, 0.15) is 23.7 Å². The molecule has 2 aromatic carbocycles. The lowest BCUT2D eigenvalue weighted by atomic mass is 9.81. The minimum absolute atomic E-state index is 0.327. The summed E-state index contributed by atoms with van der Waals surface area (Å²) in [5, 5.41) is 10.8. The Bertz CT molecular complexity index is 740. The maximum Gasteiger partial charge on any atom is 0.142 e. The summed E-state index contributed by atoms with van der Waals surface area (Å²) in [5.41, 5.74) is 3.63. The highest BCUT2D eigenvalue weighted by molar-refractivity contribution is 5.58. The Hall–Kier alpha value is -2.04. The second-order valence-electron chi connectivity index (χ2n) is 7.40. The highest BCUT2D eigenvalue weighted by Crippen LogP contribution is 2.35. The smallest absolute Gasteiger partial charge is 0.142 e. The van der Waals surface area contributed by atoms with Crippen molar-refractivity contribution >= 4 is 5.69 Å². The number of aliphatic hydroxyl groups is 1. The average molecular weight is 352 g/mol. The SMILES string of the molecule is COc1ccccc1N1CCN(C[C@H]2CCc3ccccc3[C@@H]2O)CC1. The minimum atomic E-state index is -0.327. The summed E-state index contributed by atoms with van der Waals surface area (Å²) >= 11 is 0. The molecule has 4 rings (SSSR count). The molecule has 2 aromatic rings. The van der Waals surface area contributed by atoms with E-state index in [1.54, 1.807) is 7.11 Å². The van der Waals surface area contributed by atoms with E-state index in [-0.39, 0.29) is 6.10 Å². The first-order valence-electron chi connectivity index (χ1n) is 9.62. The number of piperazine rings is 1. The zero-order valence-corrected chi connectivity index (χ0v) is 15.5. The van der Waals surface area contributed by atoms with Crippen LogP contribution in [0.4, 0.5) is 5.69 Å². The standard InChI is InChI=1S/C22H28N2O2/c1-26-21-9-5-4-8-20(21)24-14-12-23(13-15-24)16-18-11-10-17-6-2-3-7-19(17)22(18)25/h2-9,18,22,25H,10-16H2,1H3/t18-,22-/m1/s1. The van der Waals surface area contributed by atoms with Gasteiger partial charge in [0, 0.05) is 38.6 Å². The van der Waals surface area contributed by atoms with E-state index in [9.17, 15) is 5.11 Å². The summed E-state index contributed by atoms with van der Waals surface area (Å²) in [4.78, 5) is 4.91. The molecule has 1 N–H and O–H groups in total. The molecule has 0 amide bonds. The molecule has 0 spiro atoms. The zero-order valence-electron chi connectivity index (χ0n) is 15.5. The largest absolute Gasteiger partial charge is 0.495 e. The molecule has 4 nitrogen and oxygen atoms in total. The summed E-state index contributed by atoms with van der Waals surface area (Å²) in [6.45, 7) is 5.04. The molecule has 0 unspecified atom stereocenters. The van der Waals surface area contributed by atoms with Crippen molar-refractivity contribution in [2.24, 2.45) is 5.92 Å². The third kappa shape index (κ3) is 3.44. The number of hydrogen-bond acceptors (Lipinski definition) is 4. The highest BCUT2D eigenvalue weighted by Gasteiger charge is 2.30. The van der Waals surface area contributed by atoms with Crippen molar-refractivity contribution in [1.29, 1.82) is 0 Å². The number of aliphatic hydroxyl groups excluding tert-OH is 1. The molecule has 26 heavy (non-hydrogen) atoms. The molecule has 0 saturated carbocycles. The van der Waals surface area contributed by atoms with Crippen molar-refractivity contribution in [2.45, 2.75) is 18.9 Å². The van der Waals surface area contributed by atoms with Gasteiger partial charge in [0.15, 0.2) is 0 Å². The van der Waals surface area contributed by atoms with E-state index < -0.39 is 0 Å². The molecule has 1 aliphatic carbocycles. The second kappa shape index (κ2) is 7.68. The number of ether oxygens (including phenoxy) is 1. The van der Waals surface area contributed by atoms with Crippen molar-refractivity contribution < 1.29 is 9.84 Å². The fourth-order valence-electron chi connectivity index (χ4n) is 4.39. The number of hydrogen-bond donors (Lipinski definition) is 1. The number of para-hydroxylation sites is 2. The second-order valence-corrected chi connectivity index (χ2v) is 7.40. The van der Waals surface area contributed by atoms with E-state index in [2.05, 4.69) is 40.1 Å². The Kier molecular flexibility index (Phi) is 5.14. The molecular formula is C22H28N2O2. The van der Waals surface area contributed by atoms with E-state index in [4.69, 9.17) is 4.74 Å². The molecule has 138 valence electrons. The zero-order chi connectivity index (χ0) is 17.9. The predicted molar refractivity (Wildman–Crippen MR) is 105 cm³/mol. The van der Waals surface area contributed by atoms with E-state index in [1.807, 2.05) is 18.2 Å². The normalized spacial score (nSPS) is 23.5. The molecular weight excluding hydrogens is 324 g/mol. The molecule has 0 bridgehead atoms. The monoisotopic (exact) mass is 352 g/mol. The van der Waals surface area contributed by atoms with Crippen LogP contribution in [0.3, 0.4) is 0 Å². The topological polar surface area (TPSA) is 35.9 Å². The van der Waals surface area contributed by atoms with Crippen LogP contribution in [-0.4, -0.2) is 49.8 Å². The lowest BCUT2D eigenvalue weighted by molar-refractivity contribution is 0.0642. The number of anilines is 1. The molecule has 0 radical (unpaired) electrons. The number of nitrogens with zero attached hydrogens (tertiary/aromatic N) is 2. The van der Waals surface area contributed by atoms with E-state index in [0.29, 0.717) is 5.92 Å². The van der Waals surface area contributed by atoms with Crippen LogP contribution in [0.15, 0.2) is 48.5 Å². The lowest BCUT2D eigenvalue weighted by Crippen LogP contribution is -2.48. The first-order chi connectivity index (χ1) is 12.8. The number of aryl methyl sites for hydroxylation is 1. The van der Waals surface area contributed by atoms with Crippen LogP contribution >= 0.6 is 0 Å². The van der Waals surface area contributed by atoms with Crippen molar-refractivity contribution in [3.05, 3.63) is 59.7 Å². The fraction of sp³-hybridized carbons (Fsp3) is 0.455. The van der Waals surface area contributed by atoms with Gasteiger partial charge in [-0.05, 0) is 36.1 Å². The van der Waals surface area contributed by atoms with Gasteiger partial charge >= 0.3 is 0 Å². The summed E-state index contributed by atoms with van der Waals surface area (Å²) in [6.07, 6.45) is 1.83. The Morgan fingerprint density at radius 2 is 1.73 bits per heavy atom. The highest BCUT2D eigenvalue weighted by atomic mass is 16.5. The van der Waals surface area contributed by atoms with E-state index in [1.165, 1.54) is 11.3 Å². The first kappa shape index (κ1) is 17.4. The summed E-state index contributed by atoms with van der Waals surface area (Å²) in [7, 11) is 1.73. The Morgan fingerprint density at radius 1 is 1.00 bits per heavy atom. The maximum absolute atomic E-state index is 10.8. The number of rotatable bonds is 4. The van der Waals surface area contributed by atoms with Crippen LogP contribution in [-0.2, 0) is 6.42 Å². The van der Waals surface area contributed by atoms with Gasteiger partial charge in [0.05, 0.1) is 18.9 Å². The van der Waals surface area contributed by atoms with Crippen molar-refractivity contribution in [3.8, 4) is 5.75 Å². The number of fused-ring (bicyclic) bond motifs is 1. The third-order valence-corrected chi connectivity index (χ3v) is 5.90. The Labute approximate surface area is 156 Å². The van der Waals surface area contributed by atoms with Gasteiger partial charge in [0.2, 0.25) is 0 Å². The van der Waals surface area contributed by atoms with Gasteiger partial charge in [0.25, 0.3) is 0 Å². The summed E-state index contributed by atoms with van der Waals surface area (Å²) < 4.78 is 5.51. The molecule has 4 heteroatoms. The van der Waals surface area contributed by atoms with Crippen LogP contribution in [0.2, 0.25) is 0 Å². The first-order valence-corrected chi connectivity index (χ1v) is 9.62. The average Bonchev–Trinajstić information content (AvgIpc) is 2.71. The Balaban J connectivity index is 1.36. The third-order valence-electron chi connectivity index (χ3n) is 5.90. The van der Waals surface area contributed by atoms with Crippen molar-refractivity contribution in [1.82, 2.24) is 4.90 Å². The van der Waals surface area contributed by atoms with Gasteiger partial charge in [-0.25, -0.2) is 0 Å². The summed E-state index contributed by atoms with van der Waals surface area (Å²) in [5.74, 6) is 1.28. The Morgan fingerprint density at radius 3 is 2.54 bits per heavy atom. The molecule has 1 heterocycles. The van der Waals surface area contributed by atoms with Gasteiger partial charge in [-0.1, -0.05) is 36.4 Å². The molecule has 1 aliphatic heterocycles. The number of benzene rings is 2. The van der Waals surface area contributed by atoms with Gasteiger partial charge in [-0.15, -0.1) is 0 Å². The van der Waals surface area contributed by atoms with Crippen molar-refractivity contribution in [2.75, 3.05) is 44.7 Å². The molecule has 1 saturated heterocycles. The predicted octanol–water partition coefficient (Wildman–Crippen LogP) is 3.11. The molecule has 0 aromatic heterocycles. The fourth-order valence-corrected chi connectivity index (χ4v) is 4.39. The molecule has 1 fully saturated rings. The number of methoxy groups -OCH3 is 1. The minimum Gasteiger partial charge on any atom is -0.495 e. The van der Waals surface area contributed by atoms with Gasteiger partial charge < -0.3 is 14.7 Å². The lowest BCUT2D eigenvalue weighted by Gasteiger charge is -2.40. The van der Waals surface area contributed by atoms with Crippen LogP contribution < -0.4 is 9.64 Å². The van der Waals surface area contributed by atoms with Crippen LogP contribution in [0, 0.1) is 5.92 Å². The van der Waals surface area contributed by atoms with Gasteiger partial charge in [-0.3, -0.25) is 4.90 Å². The van der Waals surface area contributed by atoms with E-state index in [0.717, 1.165) is 56.9 Å².